The van der Waals surface area contributed by atoms with Crippen molar-refractivity contribution in [2.75, 3.05) is 101 Å². The molecule has 2 aliphatic heterocycles. The molecule has 1 spiro atoms. The van der Waals surface area contributed by atoms with Crippen LogP contribution in [0.4, 0.5) is 0 Å². The van der Waals surface area contributed by atoms with Gasteiger partial charge < -0.3 is 47.4 Å². The third-order valence-electron chi connectivity index (χ3n) is 9.09. The highest BCUT2D eigenvalue weighted by Crippen LogP contribution is 2.66. The Kier molecular flexibility index (Phi) is 11.3. The van der Waals surface area contributed by atoms with Gasteiger partial charge >= 0.3 is 11.9 Å². The van der Waals surface area contributed by atoms with Crippen LogP contribution in [0.5, 0.6) is 11.5 Å². The first-order chi connectivity index (χ1) is 21.9. The van der Waals surface area contributed by atoms with Crippen molar-refractivity contribution in [3.05, 3.63) is 35.1 Å². The normalized spacial score (nSPS) is 26.1. The molecule has 250 valence electrons. The average molecular weight is 636 g/mol. The number of likely N-dealkylation sites (tertiary alicyclic amines) is 1. The Labute approximate surface area is 263 Å². The molecule has 1 aromatic rings. The summed E-state index contributed by atoms with van der Waals surface area (Å²) in [6.45, 7) is 3.30. The lowest BCUT2D eigenvalue weighted by Gasteiger charge is -2.62. The maximum atomic E-state index is 13.4. The summed E-state index contributed by atoms with van der Waals surface area (Å²) in [5.41, 5.74) is 0.269. The Balaban J connectivity index is 1.36. The van der Waals surface area contributed by atoms with Gasteiger partial charge in [0.15, 0.2) is 17.6 Å². The Morgan fingerprint density at radius 3 is 2.20 bits per heavy atom. The van der Waals surface area contributed by atoms with Crippen molar-refractivity contribution in [1.82, 2.24) is 4.90 Å². The minimum atomic E-state index is -0.989. The molecule has 1 saturated heterocycles. The first kappa shape index (κ1) is 33.6. The molecule has 0 saturated carbocycles. The van der Waals surface area contributed by atoms with Crippen molar-refractivity contribution in [3.8, 4) is 11.5 Å². The van der Waals surface area contributed by atoms with E-state index in [2.05, 4.69) is 18.0 Å². The Morgan fingerprint density at radius 2 is 1.53 bits per heavy atom. The van der Waals surface area contributed by atoms with E-state index in [1.165, 1.54) is 0 Å². The second-order valence-electron chi connectivity index (χ2n) is 11.5. The van der Waals surface area contributed by atoms with Crippen molar-refractivity contribution in [2.45, 2.75) is 42.4 Å². The standard InChI is InChI=1S/C32H45NO12/c1-33-10-9-31-28-22-5-6-23(38-4)29(28)44-30(31)24(43-26(34)20-41-17-15-39-13-11-36-2)7-8-32(31,25(33)19-22)45-27(35)21-42-18-16-40-14-12-37-3/h5-7,25,30H,8-21H2,1-4H3. The lowest BCUT2D eigenvalue weighted by atomic mass is 9.50. The third-order valence-corrected chi connectivity index (χ3v) is 9.09. The number of rotatable bonds is 19. The summed E-state index contributed by atoms with van der Waals surface area (Å²) in [6, 6.07) is 3.82. The van der Waals surface area contributed by atoms with Crippen molar-refractivity contribution in [3.63, 3.8) is 0 Å². The van der Waals surface area contributed by atoms with Crippen LogP contribution in [-0.4, -0.2) is 136 Å². The van der Waals surface area contributed by atoms with Crippen LogP contribution >= 0.6 is 0 Å². The van der Waals surface area contributed by atoms with Gasteiger partial charge in [-0.05, 0) is 44.1 Å². The van der Waals surface area contributed by atoms with Gasteiger partial charge in [0.1, 0.15) is 24.6 Å². The number of hydrogen-bond acceptors (Lipinski definition) is 13. The zero-order valence-corrected chi connectivity index (χ0v) is 26.6. The van der Waals surface area contributed by atoms with Gasteiger partial charge in [0.2, 0.25) is 0 Å². The number of ether oxygens (including phenoxy) is 10. The summed E-state index contributed by atoms with van der Waals surface area (Å²) in [7, 11) is 6.86. The van der Waals surface area contributed by atoms with Crippen LogP contribution in [0.1, 0.15) is 24.0 Å². The van der Waals surface area contributed by atoms with Gasteiger partial charge in [-0.2, -0.15) is 0 Å². The summed E-state index contributed by atoms with van der Waals surface area (Å²) >= 11 is 0. The minimum Gasteiger partial charge on any atom is -0.493 e. The van der Waals surface area contributed by atoms with Crippen molar-refractivity contribution >= 4 is 11.9 Å². The molecule has 0 N–H and O–H groups in total. The third kappa shape index (κ3) is 6.57. The zero-order chi connectivity index (χ0) is 31.9. The van der Waals surface area contributed by atoms with Crippen LogP contribution in [0.25, 0.3) is 0 Å². The highest BCUT2D eigenvalue weighted by Gasteiger charge is 2.74. The molecule has 13 nitrogen and oxygen atoms in total. The summed E-state index contributed by atoms with van der Waals surface area (Å²) in [5, 5.41) is 0. The molecule has 4 unspecified atom stereocenters. The molecular formula is C32H45NO12. The molecule has 1 fully saturated rings. The molecule has 2 heterocycles. The van der Waals surface area contributed by atoms with Crippen LogP contribution in [-0.2, 0) is 59.3 Å². The Morgan fingerprint density at radius 1 is 0.889 bits per heavy atom. The van der Waals surface area contributed by atoms with Gasteiger partial charge in [-0.1, -0.05) is 6.07 Å². The summed E-state index contributed by atoms with van der Waals surface area (Å²) in [6.07, 6.45) is 2.72. The van der Waals surface area contributed by atoms with E-state index >= 15 is 0 Å². The lowest BCUT2D eigenvalue weighted by molar-refractivity contribution is -0.209. The summed E-state index contributed by atoms with van der Waals surface area (Å²) in [4.78, 5) is 28.6. The molecule has 45 heavy (non-hydrogen) atoms. The topological polar surface area (TPSA) is 130 Å². The van der Waals surface area contributed by atoms with Crippen molar-refractivity contribution in [2.24, 2.45) is 0 Å². The fourth-order valence-electron chi connectivity index (χ4n) is 7.19. The summed E-state index contributed by atoms with van der Waals surface area (Å²) < 4.78 is 56.7. The molecule has 4 aliphatic rings. The van der Waals surface area contributed by atoms with E-state index in [4.69, 9.17) is 47.4 Å². The van der Waals surface area contributed by atoms with Crippen LogP contribution in [0, 0.1) is 0 Å². The Bertz CT molecular complexity index is 1220. The number of piperidine rings is 1. The predicted molar refractivity (Wildman–Crippen MR) is 158 cm³/mol. The van der Waals surface area contributed by atoms with E-state index in [1.54, 1.807) is 21.3 Å². The highest BCUT2D eigenvalue weighted by atomic mass is 16.6. The number of benzene rings is 1. The minimum absolute atomic E-state index is 0.138. The molecule has 2 aliphatic carbocycles. The smallest absolute Gasteiger partial charge is 0.337 e. The number of carbonyl (C=O) groups is 2. The molecule has 13 heteroatoms. The maximum absolute atomic E-state index is 13.4. The number of nitrogens with zero attached hydrogens (tertiary/aromatic N) is 1. The fourth-order valence-corrected chi connectivity index (χ4v) is 7.19. The zero-order valence-electron chi connectivity index (χ0n) is 26.6. The van der Waals surface area contributed by atoms with E-state index < -0.39 is 29.1 Å². The van der Waals surface area contributed by atoms with E-state index in [1.807, 2.05) is 12.1 Å². The van der Waals surface area contributed by atoms with Crippen LogP contribution < -0.4 is 9.47 Å². The van der Waals surface area contributed by atoms with E-state index in [0.717, 1.165) is 17.7 Å². The van der Waals surface area contributed by atoms with Gasteiger partial charge in [0.05, 0.1) is 71.4 Å². The quantitative estimate of drug-likeness (QED) is 0.161. The molecule has 0 amide bonds. The average Bonchev–Trinajstić information content (AvgIpc) is 3.39. The van der Waals surface area contributed by atoms with Crippen LogP contribution in [0.15, 0.2) is 24.0 Å². The molecule has 1 aromatic carbocycles. The summed E-state index contributed by atoms with van der Waals surface area (Å²) in [5.74, 6) is 0.536. The van der Waals surface area contributed by atoms with Crippen molar-refractivity contribution in [1.29, 1.82) is 0 Å². The first-order valence-electron chi connectivity index (χ1n) is 15.4. The highest BCUT2D eigenvalue weighted by molar-refractivity contribution is 5.75. The maximum Gasteiger partial charge on any atom is 0.337 e. The number of methoxy groups -OCH3 is 3. The van der Waals surface area contributed by atoms with Gasteiger partial charge in [0.25, 0.3) is 0 Å². The van der Waals surface area contributed by atoms with Gasteiger partial charge in [-0.15, -0.1) is 0 Å². The number of hydrogen-bond donors (Lipinski definition) is 0. The first-order valence-corrected chi connectivity index (χ1v) is 15.4. The second-order valence-corrected chi connectivity index (χ2v) is 11.5. The van der Waals surface area contributed by atoms with E-state index in [0.29, 0.717) is 76.2 Å². The van der Waals surface area contributed by atoms with E-state index in [-0.39, 0.29) is 32.5 Å². The van der Waals surface area contributed by atoms with Crippen molar-refractivity contribution < 1.29 is 57.0 Å². The van der Waals surface area contributed by atoms with Gasteiger partial charge in [-0.25, -0.2) is 9.59 Å². The number of carbonyl (C=O) groups excluding carboxylic acids is 2. The molecule has 4 atom stereocenters. The Hall–Kier alpha value is -2.78. The molecular weight excluding hydrogens is 590 g/mol. The molecule has 0 aromatic heterocycles. The number of esters is 2. The molecule has 2 bridgehead atoms. The van der Waals surface area contributed by atoms with Crippen LogP contribution in [0.3, 0.4) is 0 Å². The molecule has 5 rings (SSSR count). The lowest BCUT2D eigenvalue weighted by Crippen LogP contribution is -2.76. The van der Waals surface area contributed by atoms with E-state index in [9.17, 15) is 9.59 Å². The van der Waals surface area contributed by atoms with Gasteiger partial charge in [-0.3, -0.25) is 4.90 Å². The SMILES string of the molecule is COCCOCCOCC(=O)OC1=CCC2(OC(=O)COCCOCCOC)C3Cc4ccc(OC)c5c4C2(CCN3C)C1O5. The fraction of sp³-hybridized carbons (Fsp3) is 0.688. The van der Waals surface area contributed by atoms with Crippen LogP contribution in [0.2, 0.25) is 0 Å². The van der Waals surface area contributed by atoms with Gasteiger partial charge in [0, 0.05) is 26.2 Å². The second kappa shape index (κ2) is 15.2. The predicted octanol–water partition coefficient (Wildman–Crippen LogP) is 1.43. The monoisotopic (exact) mass is 635 g/mol. The molecule has 0 radical (unpaired) electrons. The number of likely N-dealkylation sites (N-methyl/N-ethyl adjacent to an activating group) is 1. The largest absolute Gasteiger partial charge is 0.493 e.